The Morgan fingerprint density at radius 1 is 0.583 bits per heavy atom. The summed E-state index contributed by atoms with van der Waals surface area (Å²) in [4.78, 5) is 0. The number of rotatable bonds is 1. The first-order valence-electron chi connectivity index (χ1n) is 7.70. The van der Waals surface area contributed by atoms with Gasteiger partial charge in [0.15, 0.2) is 0 Å². The first kappa shape index (κ1) is 15.9. The lowest BCUT2D eigenvalue weighted by atomic mass is 9.99. The molecule has 0 radical (unpaired) electrons. The van der Waals surface area contributed by atoms with Crippen molar-refractivity contribution in [1.29, 1.82) is 0 Å². The molecule has 0 amide bonds. The van der Waals surface area contributed by atoms with Crippen LogP contribution in [0.4, 0.5) is 0 Å². The zero-order valence-electron chi connectivity index (χ0n) is 13.0. The van der Waals surface area contributed by atoms with E-state index in [-0.39, 0.29) is 5.92 Å². The van der Waals surface area contributed by atoms with Gasteiger partial charge in [-0.3, -0.25) is 0 Å². The maximum Gasteiger partial charge on any atom is 0.107 e. The van der Waals surface area contributed by atoms with Gasteiger partial charge in [0.1, 0.15) is 5.92 Å². The molecule has 0 fully saturated rings. The van der Waals surface area contributed by atoms with E-state index in [0.29, 0.717) is 5.02 Å². The Labute approximate surface area is 148 Å². The Bertz CT molecular complexity index is 845. The third-order valence-corrected chi connectivity index (χ3v) is 3.72. The van der Waals surface area contributed by atoms with E-state index >= 15 is 0 Å². The average molecular weight is 327 g/mol. The third-order valence-electron chi connectivity index (χ3n) is 3.47. The Morgan fingerprint density at radius 2 is 1.04 bits per heavy atom. The summed E-state index contributed by atoms with van der Waals surface area (Å²) < 4.78 is 0. The van der Waals surface area contributed by atoms with Crippen LogP contribution in [0.25, 0.3) is 0 Å². The minimum absolute atomic E-state index is 0.164. The second kappa shape index (κ2) is 8.07. The fourth-order valence-corrected chi connectivity index (χ4v) is 2.34. The second-order valence-corrected chi connectivity index (χ2v) is 5.69. The molecule has 0 nitrogen and oxygen atoms in total. The van der Waals surface area contributed by atoms with Crippen LogP contribution in [0.15, 0.2) is 84.9 Å². The van der Waals surface area contributed by atoms with Crippen molar-refractivity contribution in [2.24, 2.45) is 0 Å². The molecule has 0 aliphatic carbocycles. The van der Waals surface area contributed by atoms with Crippen LogP contribution in [0.1, 0.15) is 22.6 Å². The zero-order valence-corrected chi connectivity index (χ0v) is 13.8. The normalized spacial score (nSPS) is 9.58. The number of hydrogen-bond donors (Lipinski definition) is 0. The van der Waals surface area contributed by atoms with Crippen molar-refractivity contribution in [2.45, 2.75) is 5.92 Å². The molecule has 114 valence electrons. The maximum absolute atomic E-state index is 5.99. The maximum atomic E-state index is 5.99. The molecule has 0 aliphatic rings. The van der Waals surface area contributed by atoms with Gasteiger partial charge in [0.05, 0.1) is 0 Å². The van der Waals surface area contributed by atoms with Gasteiger partial charge < -0.3 is 0 Å². The highest BCUT2D eigenvalue weighted by Gasteiger charge is 2.04. The van der Waals surface area contributed by atoms with Crippen molar-refractivity contribution in [3.8, 4) is 23.7 Å². The number of hydrogen-bond acceptors (Lipinski definition) is 0. The highest BCUT2D eigenvalue weighted by molar-refractivity contribution is 6.30. The van der Waals surface area contributed by atoms with Crippen LogP contribution >= 0.6 is 11.6 Å². The fourth-order valence-electron chi connectivity index (χ4n) is 2.21. The summed E-state index contributed by atoms with van der Waals surface area (Å²) >= 11 is 5.99. The molecule has 0 spiro atoms. The minimum atomic E-state index is -0.164. The van der Waals surface area contributed by atoms with Gasteiger partial charge in [0.25, 0.3) is 0 Å². The molecular formula is C23H15Cl. The van der Waals surface area contributed by atoms with E-state index in [2.05, 4.69) is 23.7 Å². The van der Waals surface area contributed by atoms with Crippen molar-refractivity contribution in [3.63, 3.8) is 0 Å². The molecule has 0 saturated carbocycles. The highest BCUT2D eigenvalue weighted by Crippen LogP contribution is 2.18. The van der Waals surface area contributed by atoms with Crippen LogP contribution in [0.3, 0.4) is 0 Å². The summed E-state index contributed by atoms with van der Waals surface area (Å²) in [5.41, 5.74) is 3.02. The Morgan fingerprint density at radius 3 is 1.50 bits per heavy atom. The Hall–Kier alpha value is -2.93. The number of halogens is 1. The summed E-state index contributed by atoms with van der Waals surface area (Å²) in [7, 11) is 0. The smallest absolute Gasteiger partial charge is 0.0843 e. The molecule has 0 heterocycles. The lowest BCUT2D eigenvalue weighted by Crippen LogP contribution is -1.92. The van der Waals surface area contributed by atoms with E-state index in [9.17, 15) is 0 Å². The molecule has 0 atom stereocenters. The lowest BCUT2D eigenvalue weighted by Gasteiger charge is -2.04. The largest absolute Gasteiger partial charge is 0.107 e. The van der Waals surface area contributed by atoms with Gasteiger partial charge in [0.2, 0.25) is 0 Å². The summed E-state index contributed by atoms with van der Waals surface area (Å²) in [5, 5.41) is 0.713. The topological polar surface area (TPSA) is 0 Å². The Kier molecular flexibility index (Phi) is 5.36. The molecule has 3 aromatic rings. The number of benzene rings is 3. The first-order chi connectivity index (χ1) is 11.8. The van der Waals surface area contributed by atoms with Crippen LogP contribution in [0.5, 0.6) is 0 Å². The predicted molar refractivity (Wildman–Crippen MR) is 101 cm³/mol. The minimum Gasteiger partial charge on any atom is -0.0843 e. The van der Waals surface area contributed by atoms with Crippen LogP contribution in [0.2, 0.25) is 5.02 Å². The van der Waals surface area contributed by atoms with E-state index in [1.54, 1.807) is 0 Å². The molecule has 0 aliphatic heterocycles. The summed E-state index contributed by atoms with van der Waals surface area (Å²) in [6.07, 6.45) is 0. The van der Waals surface area contributed by atoms with Gasteiger partial charge in [-0.25, -0.2) is 0 Å². The van der Waals surface area contributed by atoms with Crippen molar-refractivity contribution < 1.29 is 0 Å². The standard InChI is InChI=1S/C23H15Cl/c24-23-17-15-22(16-18-23)21(13-11-19-7-3-1-4-8-19)14-12-20-9-5-2-6-10-20/h1-10,15-18,21H. The third kappa shape index (κ3) is 4.53. The van der Waals surface area contributed by atoms with Crippen molar-refractivity contribution in [2.75, 3.05) is 0 Å². The molecule has 0 saturated heterocycles. The lowest BCUT2D eigenvalue weighted by molar-refractivity contribution is 1.17. The Balaban J connectivity index is 1.94. The highest BCUT2D eigenvalue weighted by atomic mass is 35.5. The second-order valence-electron chi connectivity index (χ2n) is 5.26. The summed E-state index contributed by atoms with van der Waals surface area (Å²) in [6, 6.07) is 27.6. The van der Waals surface area contributed by atoms with E-state index in [1.165, 1.54) is 0 Å². The molecule has 0 aromatic heterocycles. The van der Waals surface area contributed by atoms with E-state index in [1.807, 2.05) is 84.9 Å². The zero-order chi connectivity index (χ0) is 16.6. The van der Waals surface area contributed by atoms with Gasteiger partial charge in [-0.1, -0.05) is 83.8 Å². The van der Waals surface area contributed by atoms with Crippen molar-refractivity contribution >= 4 is 11.6 Å². The van der Waals surface area contributed by atoms with E-state index in [0.717, 1.165) is 16.7 Å². The molecule has 1 heteroatoms. The van der Waals surface area contributed by atoms with Gasteiger partial charge in [-0.05, 0) is 42.0 Å². The molecule has 3 rings (SSSR count). The van der Waals surface area contributed by atoms with E-state index < -0.39 is 0 Å². The quantitative estimate of drug-likeness (QED) is 0.516. The van der Waals surface area contributed by atoms with Crippen molar-refractivity contribution in [1.82, 2.24) is 0 Å². The van der Waals surface area contributed by atoms with Gasteiger partial charge in [0, 0.05) is 16.1 Å². The fraction of sp³-hybridized carbons (Fsp3) is 0.0435. The summed E-state index contributed by atoms with van der Waals surface area (Å²) in [5.74, 6) is 12.8. The van der Waals surface area contributed by atoms with E-state index in [4.69, 9.17) is 11.6 Å². The van der Waals surface area contributed by atoms with Crippen LogP contribution in [0, 0.1) is 23.7 Å². The van der Waals surface area contributed by atoms with Crippen LogP contribution in [-0.4, -0.2) is 0 Å². The molecule has 3 aromatic carbocycles. The molecule has 0 unspecified atom stereocenters. The van der Waals surface area contributed by atoms with Crippen molar-refractivity contribution in [3.05, 3.63) is 107 Å². The van der Waals surface area contributed by atoms with Crippen LogP contribution < -0.4 is 0 Å². The molecule has 0 N–H and O–H groups in total. The van der Waals surface area contributed by atoms with Gasteiger partial charge in [-0.15, -0.1) is 0 Å². The van der Waals surface area contributed by atoms with Gasteiger partial charge in [-0.2, -0.15) is 0 Å². The monoisotopic (exact) mass is 326 g/mol. The predicted octanol–water partition coefficient (Wildman–Crippen LogP) is 5.53. The van der Waals surface area contributed by atoms with Gasteiger partial charge >= 0.3 is 0 Å². The first-order valence-corrected chi connectivity index (χ1v) is 8.08. The average Bonchev–Trinajstić information content (AvgIpc) is 2.64. The summed E-state index contributed by atoms with van der Waals surface area (Å²) in [6.45, 7) is 0. The molecule has 0 bridgehead atoms. The molecular weight excluding hydrogens is 312 g/mol. The van der Waals surface area contributed by atoms with Crippen LogP contribution in [-0.2, 0) is 0 Å². The molecule has 24 heavy (non-hydrogen) atoms. The SMILES string of the molecule is Clc1ccc(C(C#Cc2ccccc2)C#Cc2ccccc2)cc1.